The molecule has 0 aliphatic heterocycles. The van der Waals surface area contributed by atoms with E-state index in [9.17, 15) is 22.9 Å². The maximum atomic E-state index is 11.6. The van der Waals surface area contributed by atoms with E-state index in [1.54, 1.807) is 0 Å². The topological polar surface area (TPSA) is 104 Å². The molecule has 160 valence electrons. The Balaban J connectivity index is 0. The van der Waals surface area contributed by atoms with Crippen molar-refractivity contribution in [3.63, 3.8) is 0 Å². The van der Waals surface area contributed by atoms with Crippen LogP contribution in [0.5, 0.6) is 0 Å². The van der Waals surface area contributed by atoms with Crippen LogP contribution in [-0.4, -0.2) is 36.6 Å². The van der Waals surface area contributed by atoms with Gasteiger partial charge in [-0.05, 0) is 32.1 Å². The van der Waals surface area contributed by atoms with Gasteiger partial charge in [-0.3, -0.25) is 8.98 Å². The Bertz CT molecular complexity index is 493. The minimum Gasteiger partial charge on any atom is -0.726 e. The molecule has 0 aromatic rings. The SMILES string of the molecule is CCCCCCCC/C=C\CCCCCCCC(=O)C(O)COS(=O)(=O)[O-].[Na+]. The minimum absolute atomic E-state index is 0. The zero-order valence-corrected chi connectivity index (χ0v) is 20.6. The van der Waals surface area contributed by atoms with Crippen LogP contribution in [0.15, 0.2) is 12.2 Å². The third kappa shape index (κ3) is 22.5. The van der Waals surface area contributed by atoms with Crippen molar-refractivity contribution >= 4 is 16.2 Å². The summed E-state index contributed by atoms with van der Waals surface area (Å²) in [5, 5.41) is 9.41. The van der Waals surface area contributed by atoms with Gasteiger partial charge in [-0.15, -0.1) is 0 Å². The molecular weight excluding hydrogens is 391 g/mol. The van der Waals surface area contributed by atoms with Crippen molar-refractivity contribution in [2.45, 2.75) is 103 Å². The second-order valence-electron chi connectivity index (χ2n) is 7.01. The summed E-state index contributed by atoms with van der Waals surface area (Å²) in [7, 11) is -4.87. The fourth-order valence-electron chi connectivity index (χ4n) is 2.78. The molecule has 0 radical (unpaired) electrons. The van der Waals surface area contributed by atoms with Gasteiger partial charge in [-0.2, -0.15) is 0 Å². The molecule has 0 amide bonds. The van der Waals surface area contributed by atoms with Crippen LogP contribution in [-0.2, 0) is 19.4 Å². The van der Waals surface area contributed by atoms with Gasteiger partial charge in [0.05, 0.1) is 6.61 Å². The summed E-state index contributed by atoms with van der Waals surface area (Å²) < 4.78 is 34.7. The first-order chi connectivity index (χ1) is 12.9. The van der Waals surface area contributed by atoms with Gasteiger partial charge in [0, 0.05) is 6.42 Å². The van der Waals surface area contributed by atoms with Crippen LogP contribution in [0.4, 0.5) is 0 Å². The van der Waals surface area contributed by atoms with Gasteiger partial charge in [0.15, 0.2) is 5.78 Å². The summed E-state index contributed by atoms with van der Waals surface area (Å²) in [4.78, 5) is 11.6. The van der Waals surface area contributed by atoms with E-state index in [4.69, 9.17) is 0 Å². The van der Waals surface area contributed by atoms with Gasteiger partial charge in [0.1, 0.15) is 6.10 Å². The summed E-state index contributed by atoms with van der Waals surface area (Å²) >= 11 is 0. The number of rotatable bonds is 19. The summed E-state index contributed by atoms with van der Waals surface area (Å²) in [5.41, 5.74) is 0. The fourth-order valence-corrected chi connectivity index (χ4v) is 3.07. The van der Waals surface area contributed by atoms with Gasteiger partial charge in [-0.1, -0.05) is 70.4 Å². The van der Waals surface area contributed by atoms with Gasteiger partial charge in [0.25, 0.3) is 0 Å². The number of aliphatic hydroxyl groups excluding tert-OH is 1. The molecule has 28 heavy (non-hydrogen) atoms. The number of unbranched alkanes of at least 4 members (excludes halogenated alkanes) is 11. The summed E-state index contributed by atoms with van der Waals surface area (Å²) in [5.74, 6) is -0.490. The van der Waals surface area contributed by atoms with Crippen molar-refractivity contribution in [3.05, 3.63) is 12.2 Å². The molecular formula is C20H37NaO6S. The molecule has 0 bridgehead atoms. The fraction of sp³-hybridized carbons (Fsp3) is 0.850. The Morgan fingerprint density at radius 3 is 1.89 bits per heavy atom. The van der Waals surface area contributed by atoms with E-state index in [0.717, 1.165) is 32.1 Å². The van der Waals surface area contributed by atoms with Crippen LogP contribution >= 0.6 is 0 Å². The minimum atomic E-state index is -4.87. The van der Waals surface area contributed by atoms with Crippen molar-refractivity contribution in [1.82, 2.24) is 0 Å². The van der Waals surface area contributed by atoms with E-state index >= 15 is 0 Å². The van der Waals surface area contributed by atoms with E-state index < -0.39 is 28.9 Å². The molecule has 1 unspecified atom stereocenters. The standard InChI is InChI=1S/C20H38O6S.Na/c1-2-3-4-5-6-7-8-9-10-11-12-13-14-15-16-17-19(21)20(22)18-26-27(23,24)25;/h9-10,20,22H,2-8,11-18H2,1H3,(H,23,24,25);/q;+1/p-1/b10-9-;. The smallest absolute Gasteiger partial charge is 0.726 e. The summed E-state index contributed by atoms with van der Waals surface area (Å²) in [6, 6.07) is 0. The van der Waals surface area contributed by atoms with Crippen molar-refractivity contribution in [1.29, 1.82) is 0 Å². The molecule has 1 atom stereocenters. The average molecular weight is 429 g/mol. The number of carbonyl (C=O) groups is 1. The molecule has 6 nitrogen and oxygen atoms in total. The molecule has 8 heteroatoms. The maximum absolute atomic E-state index is 11.6. The number of hydrogen-bond donors (Lipinski definition) is 1. The first kappa shape index (κ1) is 30.4. The first-order valence-corrected chi connectivity index (χ1v) is 11.7. The number of carbonyl (C=O) groups excluding carboxylic acids is 1. The van der Waals surface area contributed by atoms with Crippen LogP contribution in [0.25, 0.3) is 0 Å². The van der Waals surface area contributed by atoms with Crippen LogP contribution in [0.1, 0.15) is 96.8 Å². The average Bonchev–Trinajstić information content (AvgIpc) is 2.62. The van der Waals surface area contributed by atoms with Crippen LogP contribution in [0.3, 0.4) is 0 Å². The Morgan fingerprint density at radius 2 is 1.39 bits per heavy atom. The molecule has 0 spiro atoms. The normalized spacial score (nSPS) is 12.8. The molecule has 1 N–H and O–H groups in total. The molecule has 0 rings (SSSR count). The second-order valence-corrected chi connectivity index (χ2v) is 8.06. The predicted molar refractivity (Wildman–Crippen MR) is 106 cm³/mol. The molecule has 0 fully saturated rings. The monoisotopic (exact) mass is 428 g/mol. The molecule has 0 saturated heterocycles. The maximum Gasteiger partial charge on any atom is 1.00 e. The zero-order valence-electron chi connectivity index (χ0n) is 17.7. The Kier molecular flexibility index (Phi) is 22.3. The molecule has 0 aliphatic carbocycles. The Hall–Kier alpha value is 0.240. The van der Waals surface area contributed by atoms with Gasteiger partial charge in [0.2, 0.25) is 10.4 Å². The van der Waals surface area contributed by atoms with Crippen LogP contribution in [0, 0.1) is 0 Å². The van der Waals surface area contributed by atoms with Crippen molar-refractivity contribution in [3.8, 4) is 0 Å². The van der Waals surface area contributed by atoms with Crippen molar-refractivity contribution in [2.24, 2.45) is 0 Å². The largest absolute Gasteiger partial charge is 1.00 e. The van der Waals surface area contributed by atoms with E-state index in [0.29, 0.717) is 6.42 Å². The van der Waals surface area contributed by atoms with Gasteiger partial charge >= 0.3 is 29.6 Å². The van der Waals surface area contributed by atoms with Gasteiger partial charge < -0.3 is 9.66 Å². The summed E-state index contributed by atoms with van der Waals surface area (Å²) in [6.45, 7) is 1.44. The number of ketones is 1. The quantitative estimate of drug-likeness (QED) is 0.110. The predicted octanol–water partition coefficient (Wildman–Crippen LogP) is 1.43. The summed E-state index contributed by atoms with van der Waals surface area (Å²) in [6.07, 6.45) is 18.2. The molecule has 0 heterocycles. The Labute approximate surface area is 193 Å². The van der Waals surface area contributed by atoms with Crippen LogP contribution < -0.4 is 29.6 Å². The first-order valence-electron chi connectivity index (χ1n) is 10.3. The van der Waals surface area contributed by atoms with Gasteiger partial charge in [-0.25, -0.2) is 8.42 Å². The van der Waals surface area contributed by atoms with Crippen LogP contribution in [0.2, 0.25) is 0 Å². The number of aliphatic hydroxyl groups is 1. The van der Waals surface area contributed by atoms with Crippen molar-refractivity contribution in [2.75, 3.05) is 6.61 Å². The number of allylic oxidation sites excluding steroid dienone is 2. The van der Waals surface area contributed by atoms with E-state index in [1.807, 2.05) is 0 Å². The molecule has 0 saturated carbocycles. The third-order valence-corrected chi connectivity index (χ3v) is 4.85. The number of Topliss-reactive ketones (excluding diaryl/α,β-unsaturated/α-hetero) is 1. The van der Waals surface area contributed by atoms with E-state index in [-0.39, 0.29) is 36.0 Å². The zero-order chi connectivity index (χ0) is 20.4. The second kappa shape index (κ2) is 20.5. The van der Waals surface area contributed by atoms with Crippen molar-refractivity contribution < 1.29 is 56.6 Å². The Morgan fingerprint density at radius 1 is 0.929 bits per heavy atom. The van der Waals surface area contributed by atoms with E-state index in [2.05, 4.69) is 23.3 Å². The number of hydrogen-bond acceptors (Lipinski definition) is 6. The third-order valence-electron chi connectivity index (χ3n) is 4.43. The molecule has 0 aromatic carbocycles. The van der Waals surface area contributed by atoms with E-state index in [1.165, 1.54) is 44.9 Å². The molecule has 0 aromatic heterocycles. The molecule has 0 aliphatic rings.